The molecule has 0 aliphatic carbocycles. The number of ketones is 1. The maximum absolute atomic E-state index is 12.7. The van der Waals surface area contributed by atoms with E-state index in [1.165, 1.54) is 18.2 Å². The Labute approximate surface area is 195 Å². The van der Waals surface area contributed by atoms with Crippen LogP contribution < -0.4 is 15.4 Å². The van der Waals surface area contributed by atoms with Crippen molar-refractivity contribution in [3.8, 4) is 5.75 Å². The van der Waals surface area contributed by atoms with Crippen molar-refractivity contribution in [3.63, 3.8) is 0 Å². The maximum Gasteiger partial charge on any atom is 0.573 e. The van der Waals surface area contributed by atoms with Gasteiger partial charge in [0.1, 0.15) is 0 Å². The Hall–Kier alpha value is -2.34. The number of para-hydroxylation sites is 2. The average molecular weight is 549 g/mol. The van der Waals surface area contributed by atoms with Gasteiger partial charge in [-0.2, -0.15) is 0 Å². The normalized spacial score (nSPS) is 15.0. The predicted molar refractivity (Wildman–Crippen MR) is 122 cm³/mol. The van der Waals surface area contributed by atoms with Crippen LogP contribution in [0.2, 0.25) is 0 Å². The van der Waals surface area contributed by atoms with Crippen molar-refractivity contribution in [2.45, 2.75) is 19.2 Å². The predicted octanol–water partition coefficient (Wildman–Crippen LogP) is 5.37. The number of alkyl halides is 3. The van der Waals surface area contributed by atoms with Gasteiger partial charge in [-0.05, 0) is 57.2 Å². The molecule has 0 bridgehead atoms. The van der Waals surface area contributed by atoms with Gasteiger partial charge >= 0.3 is 12.4 Å². The van der Waals surface area contributed by atoms with Crippen molar-refractivity contribution in [1.29, 1.82) is 0 Å². The summed E-state index contributed by atoms with van der Waals surface area (Å²) in [5.74, 6) is -0.556. The number of hydrogen-bond donors (Lipinski definition) is 2. The van der Waals surface area contributed by atoms with Crippen molar-refractivity contribution in [1.82, 2.24) is 4.90 Å². The number of carbonyl (C=O) groups excluding carboxylic acids is 2. The van der Waals surface area contributed by atoms with E-state index in [-0.39, 0.29) is 41.4 Å². The highest BCUT2D eigenvalue weighted by atomic mass is 127. The Morgan fingerprint density at radius 1 is 1.03 bits per heavy atom. The quantitative estimate of drug-likeness (QED) is 0.389. The summed E-state index contributed by atoms with van der Waals surface area (Å²) in [6.45, 7) is 1.71. The Bertz CT molecular complexity index is 916. The minimum Gasteiger partial charge on any atom is -0.404 e. The first-order valence-corrected chi connectivity index (χ1v) is 9.47. The van der Waals surface area contributed by atoms with Gasteiger partial charge in [0.15, 0.2) is 11.5 Å². The molecular formula is C21H23F3IN3O3. The summed E-state index contributed by atoms with van der Waals surface area (Å²) < 4.78 is 41.5. The van der Waals surface area contributed by atoms with Crippen LogP contribution in [-0.2, 0) is 0 Å². The van der Waals surface area contributed by atoms with Crippen molar-refractivity contribution >= 4 is 47.2 Å². The number of urea groups is 1. The summed E-state index contributed by atoms with van der Waals surface area (Å²) in [5.41, 5.74) is 0.717. The van der Waals surface area contributed by atoms with Gasteiger partial charge in [-0.1, -0.05) is 24.3 Å². The monoisotopic (exact) mass is 549 g/mol. The fraction of sp³-hybridized carbons (Fsp3) is 0.333. The van der Waals surface area contributed by atoms with Crippen LogP contribution in [0, 0.1) is 5.92 Å². The number of anilines is 2. The molecule has 6 nitrogen and oxygen atoms in total. The van der Waals surface area contributed by atoms with Gasteiger partial charge < -0.3 is 20.3 Å². The number of Topliss-reactive ketones (excluding diaryl/α,β-unsaturated/α-hetero) is 1. The van der Waals surface area contributed by atoms with Crippen molar-refractivity contribution < 1.29 is 27.5 Å². The molecule has 2 amide bonds. The summed E-state index contributed by atoms with van der Waals surface area (Å²) in [6.07, 6.45) is -3.32. The standard InChI is InChI=1S/C21H22F3N3O3.HI/c1-27-11-9-14(10-12-27)19(28)15-5-4-6-16(13-15)25-20(29)26-17-7-2-3-8-18(17)30-21(22,23)24;/h2-8,13-14H,9-12H2,1H3,(H2,25,26,29);1H. The number of amides is 2. The number of nitrogens with zero attached hydrogens (tertiary/aromatic N) is 1. The molecule has 2 aromatic carbocycles. The minimum atomic E-state index is -4.88. The SMILES string of the molecule is CN1CCC(C(=O)c2cccc(NC(=O)Nc3ccccc3OC(F)(F)F)c2)CC1.I. The molecule has 31 heavy (non-hydrogen) atoms. The third-order valence-electron chi connectivity index (χ3n) is 4.86. The van der Waals surface area contributed by atoms with E-state index in [4.69, 9.17) is 0 Å². The molecule has 3 rings (SSSR count). The van der Waals surface area contributed by atoms with Crippen molar-refractivity contribution in [3.05, 3.63) is 54.1 Å². The molecular weight excluding hydrogens is 526 g/mol. The second-order valence-electron chi connectivity index (χ2n) is 7.15. The number of rotatable bonds is 5. The maximum atomic E-state index is 12.7. The van der Waals surface area contributed by atoms with E-state index in [1.54, 1.807) is 24.3 Å². The molecule has 2 N–H and O–H groups in total. The zero-order valence-electron chi connectivity index (χ0n) is 16.7. The third-order valence-corrected chi connectivity index (χ3v) is 4.86. The van der Waals surface area contributed by atoms with Crippen molar-refractivity contribution in [2.75, 3.05) is 30.8 Å². The summed E-state index contributed by atoms with van der Waals surface area (Å²) in [7, 11) is 2.02. The van der Waals surface area contributed by atoms with E-state index in [1.807, 2.05) is 7.05 Å². The molecule has 1 fully saturated rings. The Morgan fingerprint density at radius 3 is 2.39 bits per heavy atom. The van der Waals surface area contributed by atoms with E-state index in [2.05, 4.69) is 20.3 Å². The van der Waals surface area contributed by atoms with E-state index >= 15 is 0 Å². The third kappa shape index (κ3) is 7.39. The highest BCUT2D eigenvalue weighted by Crippen LogP contribution is 2.30. The van der Waals surface area contributed by atoms with Gasteiger partial charge in [-0.3, -0.25) is 4.79 Å². The van der Waals surface area contributed by atoms with Crippen LogP contribution in [0.1, 0.15) is 23.2 Å². The Balaban J connectivity index is 0.00000341. The smallest absolute Gasteiger partial charge is 0.404 e. The molecule has 0 unspecified atom stereocenters. The zero-order valence-corrected chi connectivity index (χ0v) is 19.1. The Kier molecular flexibility index (Phi) is 8.69. The number of likely N-dealkylation sites (tertiary alicyclic amines) is 1. The van der Waals surface area contributed by atoms with E-state index in [0.717, 1.165) is 32.0 Å². The second kappa shape index (κ2) is 10.8. The van der Waals surface area contributed by atoms with E-state index in [9.17, 15) is 22.8 Å². The van der Waals surface area contributed by atoms with Gasteiger partial charge in [0.2, 0.25) is 0 Å². The molecule has 10 heteroatoms. The summed E-state index contributed by atoms with van der Waals surface area (Å²) >= 11 is 0. The fourth-order valence-corrected chi connectivity index (χ4v) is 3.32. The lowest BCUT2D eigenvalue weighted by Gasteiger charge is -2.28. The number of benzene rings is 2. The molecule has 1 heterocycles. The highest BCUT2D eigenvalue weighted by Gasteiger charge is 2.32. The van der Waals surface area contributed by atoms with Crippen LogP contribution in [0.3, 0.4) is 0 Å². The minimum absolute atomic E-state index is 0. The number of hydrogen-bond acceptors (Lipinski definition) is 4. The number of piperidine rings is 1. The van der Waals surface area contributed by atoms with Crippen LogP contribution in [0.25, 0.3) is 0 Å². The van der Waals surface area contributed by atoms with Crippen LogP contribution in [0.4, 0.5) is 29.3 Å². The van der Waals surface area contributed by atoms with Crippen LogP contribution in [-0.4, -0.2) is 43.2 Å². The first-order chi connectivity index (χ1) is 14.2. The zero-order chi connectivity index (χ0) is 21.7. The highest BCUT2D eigenvalue weighted by molar-refractivity contribution is 14.0. The largest absolute Gasteiger partial charge is 0.573 e. The molecule has 0 aromatic heterocycles. The molecule has 1 aliphatic rings. The van der Waals surface area contributed by atoms with Gasteiger partial charge in [-0.25, -0.2) is 4.79 Å². The summed E-state index contributed by atoms with van der Waals surface area (Å²) in [6, 6.07) is 11.0. The lowest BCUT2D eigenvalue weighted by molar-refractivity contribution is -0.274. The van der Waals surface area contributed by atoms with Crippen molar-refractivity contribution in [2.24, 2.45) is 5.92 Å². The molecule has 0 saturated carbocycles. The van der Waals surface area contributed by atoms with E-state index in [0.29, 0.717) is 11.3 Å². The van der Waals surface area contributed by atoms with Gasteiger partial charge in [0, 0.05) is 17.2 Å². The van der Waals surface area contributed by atoms with Crippen LogP contribution >= 0.6 is 24.0 Å². The van der Waals surface area contributed by atoms with Gasteiger partial charge in [0.25, 0.3) is 0 Å². The molecule has 2 aromatic rings. The Morgan fingerprint density at radius 2 is 1.71 bits per heavy atom. The molecule has 168 valence electrons. The average Bonchev–Trinajstić information content (AvgIpc) is 2.68. The summed E-state index contributed by atoms with van der Waals surface area (Å²) in [5, 5.41) is 4.87. The lowest BCUT2D eigenvalue weighted by atomic mass is 9.89. The number of ether oxygens (including phenoxy) is 1. The van der Waals surface area contributed by atoms with Gasteiger partial charge in [0.05, 0.1) is 5.69 Å². The topological polar surface area (TPSA) is 70.7 Å². The molecule has 0 spiro atoms. The van der Waals surface area contributed by atoms with E-state index < -0.39 is 18.1 Å². The number of halogens is 4. The summed E-state index contributed by atoms with van der Waals surface area (Å²) in [4.78, 5) is 27.2. The molecule has 0 radical (unpaired) electrons. The fourth-order valence-electron chi connectivity index (χ4n) is 3.32. The van der Waals surface area contributed by atoms with Crippen LogP contribution in [0.15, 0.2) is 48.5 Å². The molecule has 1 aliphatic heterocycles. The lowest BCUT2D eigenvalue weighted by Crippen LogP contribution is -2.33. The first kappa shape index (κ1) is 24.9. The van der Waals surface area contributed by atoms with Crippen LogP contribution in [0.5, 0.6) is 5.75 Å². The van der Waals surface area contributed by atoms with Gasteiger partial charge in [-0.15, -0.1) is 37.1 Å². The number of nitrogens with one attached hydrogen (secondary N) is 2. The number of carbonyl (C=O) groups is 2. The molecule has 0 atom stereocenters. The molecule has 1 saturated heterocycles. The first-order valence-electron chi connectivity index (χ1n) is 9.47. The second-order valence-corrected chi connectivity index (χ2v) is 7.15.